The monoisotopic (exact) mass is 297 g/mol. The topological polar surface area (TPSA) is 48.0 Å². The molecule has 0 saturated carbocycles. The first-order valence-electron chi connectivity index (χ1n) is 6.75. The SMILES string of the molecule is CO[C@H]1[C@H](N(C)C(=O)c2ccccc2F)COC[C@H]1OC. The molecule has 1 fully saturated rings. The molecule has 116 valence electrons. The third kappa shape index (κ3) is 3.23. The smallest absolute Gasteiger partial charge is 0.256 e. The second-order valence-corrected chi connectivity index (χ2v) is 4.98. The summed E-state index contributed by atoms with van der Waals surface area (Å²) in [5.74, 6) is -0.941. The van der Waals surface area contributed by atoms with Crippen LogP contribution in [-0.4, -0.2) is 63.5 Å². The average molecular weight is 297 g/mol. The van der Waals surface area contributed by atoms with Gasteiger partial charge in [-0.2, -0.15) is 0 Å². The summed E-state index contributed by atoms with van der Waals surface area (Å²) in [6.45, 7) is 0.738. The highest BCUT2D eigenvalue weighted by molar-refractivity contribution is 5.94. The molecule has 0 radical (unpaired) electrons. The van der Waals surface area contributed by atoms with Gasteiger partial charge in [0.25, 0.3) is 5.91 Å². The zero-order chi connectivity index (χ0) is 15.4. The van der Waals surface area contributed by atoms with Crippen LogP contribution < -0.4 is 0 Å². The summed E-state index contributed by atoms with van der Waals surface area (Å²) in [5, 5.41) is 0. The number of methoxy groups -OCH3 is 2. The summed E-state index contributed by atoms with van der Waals surface area (Å²) < 4.78 is 30.0. The molecular formula is C15H20FNO4. The van der Waals surface area contributed by atoms with E-state index in [2.05, 4.69) is 0 Å². The van der Waals surface area contributed by atoms with E-state index < -0.39 is 11.7 Å². The molecule has 1 aromatic rings. The van der Waals surface area contributed by atoms with E-state index in [9.17, 15) is 9.18 Å². The van der Waals surface area contributed by atoms with E-state index >= 15 is 0 Å². The van der Waals surface area contributed by atoms with Crippen molar-refractivity contribution in [3.8, 4) is 0 Å². The summed E-state index contributed by atoms with van der Waals surface area (Å²) in [5.41, 5.74) is 0.0365. The van der Waals surface area contributed by atoms with Crippen LogP contribution in [0.2, 0.25) is 0 Å². The van der Waals surface area contributed by atoms with Gasteiger partial charge in [0, 0.05) is 21.3 Å². The van der Waals surface area contributed by atoms with Crippen LogP contribution in [0, 0.1) is 5.82 Å². The van der Waals surface area contributed by atoms with Gasteiger partial charge in [0.2, 0.25) is 0 Å². The van der Waals surface area contributed by atoms with Gasteiger partial charge in [-0.05, 0) is 12.1 Å². The minimum Gasteiger partial charge on any atom is -0.376 e. The minimum absolute atomic E-state index is 0.0365. The third-order valence-corrected chi connectivity index (χ3v) is 3.81. The van der Waals surface area contributed by atoms with Crippen molar-refractivity contribution < 1.29 is 23.4 Å². The van der Waals surface area contributed by atoms with Crippen molar-refractivity contribution in [3.63, 3.8) is 0 Å². The van der Waals surface area contributed by atoms with Crippen molar-refractivity contribution in [2.24, 2.45) is 0 Å². The number of carbonyl (C=O) groups is 1. The van der Waals surface area contributed by atoms with Crippen LogP contribution in [0.1, 0.15) is 10.4 Å². The molecule has 0 N–H and O–H groups in total. The maximum Gasteiger partial charge on any atom is 0.256 e. The van der Waals surface area contributed by atoms with Crippen LogP contribution in [0.15, 0.2) is 24.3 Å². The summed E-state index contributed by atoms with van der Waals surface area (Å²) >= 11 is 0. The lowest BCUT2D eigenvalue weighted by Gasteiger charge is -2.40. The molecule has 1 aromatic carbocycles. The van der Waals surface area contributed by atoms with Gasteiger partial charge in [-0.3, -0.25) is 4.79 Å². The Hall–Kier alpha value is -1.50. The second-order valence-electron chi connectivity index (χ2n) is 4.98. The van der Waals surface area contributed by atoms with Crippen LogP contribution in [0.4, 0.5) is 4.39 Å². The van der Waals surface area contributed by atoms with Gasteiger partial charge in [0.15, 0.2) is 0 Å². The molecule has 6 heteroatoms. The molecule has 1 amide bonds. The molecule has 1 aliphatic rings. The second kappa shape index (κ2) is 6.98. The zero-order valence-corrected chi connectivity index (χ0v) is 12.4. The van der Waals surface area contributed by atoms with E-state index in [-0.39, 0.29) is 23.8 Å². The summed E-state index contributed by atoms with van der Waals surface area (Å²) in [7, 11) is 4.75. The number of ether oxygens (including phenoxy) is 3. The van der Waals surface area contributed by atoms with E-state index in [1.54, 1.807) is 33.4 Å². The Kier molecular flexibility index (Phi) is 5.27. The number of amides is 1. The molecule has 0 spiro atoms. The third-order valence-electron chi connectivity index (χ3n) is 3.81. The van der Waals surface area contributed by atoms with Crippen LogP contribution in [0.25, 0.3) is 0 Å². The van der Waals surface area contributed by atoms with Crippen molar-refractivity contribution in [2.45, 2.75) is 18.2 Å². The maximum atomic E-state index is 13.8. The van der Waals surface area contributed by atoms with Crippen LogP contribution in [0.5, 0.6) is 0 Å². The van der Waals surface area contributed by atoms with Gasteiger partial charge in [-0.25, -0.2) is 4.39 Å². The molecule has 1 aliphatic heterocycles. The van der Waals surface area contributed by atoms with Crippen molar-refractivity contribution in [1.82, 2.24) is 4.90 Å². The van der Waals surface area contributed by atoms with Gasteiger partial charge in [-0.1, -0.05) is 12.1 Å². The molecule has 21 heavy (non-hydrogen) atoms. The molecule has 0 aromatic heterocycles. The first kappa shape index (κ1) is 15.9. The molecular weight excluding hydrogens is 277 g/mol. The normalized spacial score (nSPS) is 25.6. The zero-order valence-electron chi connectivity index (χ0n) is 12.4. The Morgan fingerprint density at radius 3 is 2.62 bits per heavy atom. The van der Waals surface area contributed by atoms with Gasteiger partial charge < -0.3 is 19.1 Å². The van der Waals surface area contributed by atoms with E-state index in [1.165, 1.54) is 17.0 Å². The molecule has 0 unspecified atom stereocenters. The van der Waals surface area contributed by atoms with Gasteiger partial charge >= 0.3 is 0 Å². The molecule has 0 aliphatic carbocycles. The first-order valence-corrected chi connectivity index (χ1v) is 6.75. The highest BCUT2D eigenvalue weighted by Gasteiger charge is 2.39. The summed E-state index contributed by atoms with van der Waals surface area (Å²) in [6, 6.07) is 5.58. The lowest BCUT2D eigenvalue weighted by Crippen LogP contribution is -2.57. The highest BCUT2D eigenvalue weighted by Crippen LogP contribution is 2.21. The Balaban J connectivity index is 2.19. The Morgan fingerprint density at radius 1 is 1.29 bits per heavy atom. The van der Waals surface area contributed by atoms with Gasteiger partial charge in [0.1, 0.15) is 18.0 Å². The fourth-order valence-corrected chi connectivity index (χ4v) is 2.56. The predicted octanol–water partition coefficient (Wildman–Crippen LogP) is 1.33. The van der Waals surface area contributed by atoms with Crippen LogP contribution in [-0.2, 0) is 14.2 Å². The summed E-state index contributed by atoms with van der Waals surface area (Å²) in [4.78, 5) is 13.9. The largest absolute Gasteiger partial charge is 0.376 e. The number of halogens is 1. The lowest BCUT2D eigenvalue weighted by atomic mass is 10.0. The number of hydrogen-bond acceptors (Lipinski definition) is 4. The standard InChI is InChI=1S/C15H20FNO4/c1-17(15(18)10-6-4-5-7-11(10)16)12-8-21-9-13(19-2)14(12)20-3/h4-7,12-14H,8-9H2,1-3H3/t12-,13-,14+/m1/s1. The first-order chi connectivity index (χ1) is 10.1. The molecule has 2 rings (SSSR count). The quantitative estimate of drug-likeness (QED) is 0.841. The highest BCUT2D eigenvalue weighted by atomic mass is 19.1. The van der Waals surface area contributed by atoms with E-state index in [0.29, 0.717) is 13.2 Å². The van der Waals surface area contributed by atoms with E-state index in [4.69, 9.17) is 14.2 Å². The Morgan fingerprint density at radius 2 is 2.00 bits per heavy atom. The Bertz CT molecular complexity index is 496. The lowest BCUT2D eigenvalue weighted by molar-refractivity contribution is -0.147. The van der Waals surface area contributed by atoms with Crippen molar-refractivity contribution in [2.75, 3.05) is 34.5 Å². The van der Waals surface area contributed by atoms with Gasteiger partial charge in [0.05, 0.1) is 24.8 Å². The van der Waals surface area contributed by atoms with Crippen molar-refractivity contribution >= 4 is 5.91 Å². The number of rotatable bonds is 4. The van der Waals surface area contributed by atoms with Crippen LogP contribution in [0.3, 0.4) is 0 Å². The molecule has 1 saturated heterocycles. The van der Waals surface area contributed by atoms with Gasteiger partial charge in [-0.15, -0.1) is 0 Å². The number of carbonyl (C=O) groups excluding carboxylic acids is 1. The molecule has 1 heterocycles. The average Bonchev–Trinajstić information content (AvgIpc) is 2.53. The molecule has 5 nitrogen and oxygen atoms in total. The van der Waals surface area contributed by atoms with Crippen LogP contribution >= 0.6 is 0 Å². The number of likely N-dealkylation sites (N-methyl/N-ethyl adjacent to an activating group) is 1. The fraction of sp³-hybridized carbons (Fsp3) is 0.533. The maximum absolute atomic E-state index is 13.8. The van der Waals surface area contributed by atoms with Crippen molar-refractivity contribution in [3.05, 3.63) is 35.6 Å². The van der Waals surface area contributed by atoms with Crippen molar-refractivity contribution in [1.29, 1.82) is 0 Å². The molecule has 0 bridgehead atoms. The number of nitrogens with zero attached hydrogens (tertiary/aromatic N) is 1. The molecule has 3 atom stereocenters. The Labute approximate surface area is 123 Å². The van der Waals surface area contributed by atoms with E-state index in [1.807, 2.05) is 0 Å². The minimum atomic E-state index is -0.539. The fourth-order valence-electron chi connectivity index (χ4n) is 2.56. The number of hydrogen-bond donors (Lipinski definition) is 0. The summed E-state index contributed by atoms with van der Waals surface area (Å²) in [6.07, 6.45) is -0.575. The predicted molar refractivity (Wildman–Crippen MR) is 74.7 cm³/mol. The van der Waals surface area contributed by atoms with E-state index in [0.717, 1.165) is 0 Å². The number of benzene rings is 1.